The first-order chi connectivity index (χ1) is 26.8. The van der Waals surface area contributed by atoms with Crippen molar-refractivity contribution >= 4 is 34.5 Å². The van der Waals surface area contributed by atoms with Crippen molar-refractivity contribution in [1.82, 2.24) is 0 Å². The number of nitrogens with zero attached hydrogens (tertiary/aromatic N) is 1. The Kier molecular flexibility index (Phi) is 19.9. The van der Waals surface area contributed by atoms with E-state index in [1.54, 1.807) is 54.2 Å². The highest BCUT2D eigenvalue weighted by molar-refractivity contribution is 7.98. The standard InChI is InChI=1S/C21H19NO3S.C20H17F3O4S.C2H6/c1-3-4-16-8-9-19(26-2)12-17(16)6-7-18-11-15(13-22)5-10-20(18)25-14-21(23)24;1-2-10-28(26)17-5-3-4-14(11-17)6-7-15-12-16(20(21,22)23)8-9-18(15)27-13-19(24)25;1-2/h5,8-12H,3-4,14H2,1-2H3,(H,23,24);3-5,8-9,11-12H,2,10,13H2,1H3,(H,24,25);1-2H3. The summed E-state index contributed by atoms with van der Waals surface area (Å²) in [6, 6.07) is 22.3. The topological polar surface area (TPSA) is 134 Å². The molecule has 0 radical (unpaired) electrons. The van der Waals surface area contributed by atoms with E-state index in [1.807, 2.05) is 27.0 Å². The van der Waals surface area contributed by atoms with Gasteiger partial charge in [0, 0.05) is 26.7 Å². The Morgan fingerprint density at radius 3 is 1.95 bits per heavy atom. The van der Waals surface area contributed by atoms with Gasteiger partial charge in [0.05, 0.1) is 39.1 Å². The molecule has 2 N–H and O–H groups in total. The van der Waals surface area contributed by atoms with Crippen LogP contribution in [0.1, 0.15) is 79.5 Å². The molecular formula is C43H42F3NO7S2. The zero-order chi connectivity index (χ0) is 41.7. The van der Waals surface area contributed by atoms with Crippen LogP contribution in [0.4, 0.5) is 13.2 Å². The van der Waals surface area contributed by atoms with Gasteiger partial charge in [0.15, 0.2) is 13.2 Å². The van der Waals surface area contributed by atoms with Crippen molar-refractivity contribution in [2.75, 3.05) is 25.2 Å². The van der Waals surface area contributed by atoms with Gasteiger partial charge in [0.2, 0.25) is 0 Å². The van der Waals surface area contributed by atoms with E-state index in [2.05, 4.69) is 54.9 Å². The number of benzene rings is 4. The van der Waals surface area contributed by atoms with E-state index in [4.69, 9.17) is 24.9 Å². The number of carbonyl (C=O) groups is 2. The van der Waals surface area contributed by atoms with Crippen LogP contribution in [0.5, 0.6) is 11.5 Å². The summed E-state index contributed by atoms with van der Waals surface area (Å²) >= 11 is 1.65. The highest BCUT2D eigenvalue weighted by Gasteiger charge is 2.31. The summed E-state index contributed by atoms with van der Waals surface area (Å²) in [5, 5.41) is 26.6. The molecule has 4 aromatic rings. The summed E-state index contributed by atoms with van der Waals surface area (Å²) in [7, 11) is -1.18. The number of nitriles is 1. The van der Waals surface area contributed by atoms with E-state index in [9.17, 15) is 27.0 Å². The van der Waals surface area contributed by atoms with Gasteiger partial charge < -0.3 is 19.7 Å². The molecule has 1 atom stereocenters. The Hall–Kier alpha value is -5.68. The second-order valence-electron chi connectivity index (χ2n) is 11.2. The van der Waals surface area contributed by atoms with Crippen LogP contribution >= 0.6 is 11.8 Å². The summed E-state index contributed by atoms with van der Waals surface area (Å²) in [6.07, 6.45) is 0.138. The van der Waals surface area contributed by atoms with Gasteiger partial charge in [-0.15, -0.1) is 11.8 Å². The Labute approximate surface area is 332 Å². The van der Waals surface area contributed by atoms with Gasteiger partial charge in [-0.1, -0.05) is 69.9 Å². The highest BCUT2D eigenvalue weighted by atomic mass is 32.2. The number of hydrogen-bond acceptors (Lipinski definition) is 7. The average molecular weight is 806 g/mol. The van der Waals surface area contributed by atoms with Gasteiger partial charge in [-0.2, -0.15) is 18.4 Å². The van der Waals surface area contributed by atoms with Crippen molar-refractivity contribution in [3.63, 3.8) is 0 Å². The fourth-order valence-corrected chi connectivity index (χ4v) is 6.15. The zero-order valence-corrected chi connectivity index (χ0v) is 33.2. The van der Waals surface area contributed by atoms with Crippen molar-refractivity contribution in [2.45, 2.75) is 62.9 Å². The molecule has 0 aliphatic heterocycles. The van der Waals surface area contributed by atoms with Crippen molar-refractivity contribution in [2.24, 2.45) is 0 Å². The maximum absolute atomic E-state index is 13.0. The Morgan fingerprint density at radius 2 is 1.38 bits per heavy atom. The maximum Gasteiger partial charge on any atom is 0.416 e. The minimum Gasteiger partial charge on any atom is -0.481 e. The lowest BCUT2D eigenvalue weighted by molar-refractivity contribution is -0.140. The van der Waals surface area contributed by atoms with Crippen molar-refractivity contribution in [3.05, 3.63) is 118 Å². The van der Waals surface area contributed by atoms with E-state index in [0.29, 0.717) is 33.1 Å². The number of thioether (sulfide) groups is 1. The van der Waals surface area contributed by atoms with E-state index in [0.717, 1.165) is 47.9 Å². The fourth-order valence-electron chi connectivity index (χ4n) is 4.61. The lowest BCUT2D eigenvalue weighted by Gasteiger charge is -2.10. The van der Waals surface area contributed by atoms with Crippen LogP contribution in [0.25, 0.3) is 0 Å². The Morgan fingerprint density at radius 1 is 0.768 bits per heavy atom. The molecule has 8 nitrogen and oxygen atoms in total. The molecule has 0 saturated carbocycles. The third-order valence-electron chi connectivity index (χ3n) is 7.11. The quantitative estimate of drug-likeness (QED) is 0.106. The molecule has 0 aromatic heterocycles. The van der Waals surface area contributed by atoms with Crippen LogP contribution in [-0.2, 0) is 33.0 Å². The SMILES string of the molecule is CC.CCCS(=O)c1cccc(C#Cc2cc(C(F)(F)F)ccc2OCC(=O)O)c1.CCCc1ccc(SC)cc1C#Cc1cc(C#N)ccc1OCC(=O)O. The number of carboxylic acids is 2. The molecule has 0 spiro atoms. The number of carboxylic acid groups (broad SMARTS) is 2. The predicted octanol–water partition coefficient (Wildman–Crippen LogP) is 9.21. The molecule has 0 heterocycles. The van der Waals surface area contributed by atoms with Gasteiger partial charge in [0.1, 0.15) is 11.5 Å². The summed E-state index contributed by atoms with van der Waals surface area (Å²) in [6.45, 7) is 6.87. The number of aliphatic carboxylic acids is 2. The summed E-state index contributed by atoms with van der Waals surface area (Å²) in [4.78, 5) is 23.1. The Balaban J connectivity index is 0.000000371. The van der Waals surface area contributed by atoms with Crippen LogP contribution in [0.3, 0.4) is 0 Å². The monoisotopic (exact) mass is 805 g/mol. The van der Waals surface area contributed by atoms with Gasteiger partial charge in [-0.25, -0.2) is 9.59 Å². The van der Waals surface area contributed by atoms with Crippen LogP contribution in [0.15, 0.2) is 88.7 Å². The predicted molar refractivity (Wildman–Crippen MR) is 212 cm³/mol. The molecule has 13 heteroatoms. The molecule has 0 bridgehead atoms. The lowest BCUT2D eigenvalue weighted by atomic mass is 10.0. The first-order valence-electron chi connectivity index (χ1n) is 17.4. The number of hydrogen-bond donors (Lipinski definition) is 2. The largest absolute Gasteiger partial charge is 0.481 e. The van der Waals surface area contributed by atoms with Crippen LogP contribution < -0.4 is 9.47 Å². The normalized spacial score (nSPS) is 10.6. The first kappa shape index (κ1) is 46.5. The number of halogens is 3. The molecule has 56 heavy (non-hydrogen) atoms. The molecule has 0 saturated heterocycles. The van der Waals surface area contributed by atoms with Crippen LogP contribution in [-0.4, -0.2) is 51.6 Å². The van der Waals surface area contributed by atoms with E-state index in [1.165, 1.54) is 5.56 Å². The van der Waals surface area contributed by atoms with E-state index in [-0.39, 0.29) is 11.3 Å². The van der Waals surface area contributed by atoms with Crippen molar-refractivity contribution < 1.29 is 46.7 Å². The van der Waals surface area contributed by atoms with Crippen LogP contribution in [0.2, 0.25) is 0 Å². The van der Waals surface area contributed by atoms with E-state index < -0.39 is 47.7 Å². The number of rotatable bonds is 12. The van der Waals surface area contributed by atoms with E-state index >= 15 is 0 Å². The first-order valence-corrected chi connectivity index (χ1v) is 20.0. The minimum atomic E-state index is -4.57. The third kappa shape index (κ3) is 15.6. The zero-order valence-electron chi connectivity index (χ0n) is 31.6. The molecule has 4 rings (SSSR count). The molecule has 1 unspecified atom stereocenters. The van der Waals surface area contributed by atoms with Gasteiger partial charge in [-0.3, -0.25) is 4.21 Å². The van der Waals surface area contributed by atoms with Gasteiger partial charge >= 0.3 is 18.1 Å². The minimum absolute atomic E-state index is 0.0615. The molecule has 0 amide bonds. The second-order valence-corrected chi connectivity index (χ2v) is 13.7. The molecule has 4 aromatic carbocycles. The smallest absolute Gasteiger partial charge is 0.416 e. The molecule has 0 aliphatic carbocycles. The van der Waals surface area contributed by atoms with Crippen molar-refractivity contribution in [3.8, 4) is 41.2 Å². The summed E-state index contributed by atoms with van der Waals surface area (Å²) in [5.74, 6) is 10.0. The van der Waals surface area contributed by atoms with Crippen LogP contribution in [0, 0.1) is 35.0 Å². The van der Waals surface area contributed by atoms with Gasteiger partial charge in [-0.05, 0) is 91.4 Å². The number of alkyl halides is 3. The lowest BCUT2D eigenvalue weighted by Crippen LogP contribution is -2.11. The van der Waals surface area contributed by atoms with Gasteiger partial charge in [0.25, 0.3) is 0 Å². The molecule has 0 aliphatic rings. The molecular weight excluding hydrogens is 764 g/mol. The molecule has 0 fully saturated rings. The number of ether oxygens (including phenoxy) is 2. The Bertz CT molecular complexity index is 2160. The fraction of sp³-hybridized carbons (Fsp3) is 0.279. The molecule has 294 valence electrons. The number of aryl methyl sites for hydroxylation is 1. The second kappa shape index (κ2) is 24.0. The highest BCUT2D eigenvalue weighted by Crippen LogP contribution is 2.32. The summed E-state index contributed by atoms with van der Waals surface area (Å²) in [5.41, 5.74) is 2.52. The summed E-state index contributed by atoms with van der Waals surface area (Å²) < 4.78 is 61.3. The third-order valence-corrected chi connectivity index (χ3v) is 9.40. The van der Waals surface area contributed by atoms with Crippen molar-refractivity contribution in [1.29, 1.82) is 5.26 Å². The maximum atomic E-state index is 13.0. The average Bonchev–Trinajstić information content (AvgIpc) is 3.19.